The molecule has 33 heavy (non-hydrogen) atoms. The molecule has 0 spiro atoms. The molecular weight excluding hydrogens is 648 g/mol. The molecule has 2 atom stereocenters. The first-order valence-electron chi connectivity index (χ1n) is 6.38. The van der Waals surface area contributed by atoms with Gasteiger partial charge in [-0.3, -0.25) is 4.74 Å². The Hall–Kier alpha value is -0.310. The van der Waals surface area contributed by atoms with E-state index >= 15 is 0 Å². The summed E-state index contributed by atoms with van der Waals surface area (Å²) in [6, 6.07) is 0. The van der Waals surface area contributed by atoms with Gasteiger partial charge in [0.15, 0.2) is 11.0 Å². The van der Waals surface area contributed by atoms with E-state index in [2.05, 4.69) is 43.9 Å². The van der Waals surface area contributed by atoms with Gasteiger partial charge in [-0.25, -0.2) is 17.6 Å². The van der Waals surface area contributed by atoms with Gasteiger partial charge in [-0.2, -0.15) is 65.9 Å². The SMILES string of the molecule is FC(F)(F)C(Cl)Br.FC(F)C(F)(F)C(F)(F)F.FC(F)OC(F)(F)C(F)Cl.FCC(F)(F)F. The minimum atomic E-state index is -6.17. The second kappa shape index (κ2) is 15.6. The Kier molecular flexibility index (Phi) is 18.9. The van der Waals surface area contributed by atoms with Gasteiger partial charge < -0.3 is 0 Å². The number of alkyl halides is 22. The van der Waals surface area contributed by atoms with E-state index < -0.39 is 60.2 Å². The predicted octanol–water partition coefficient (Wildman–Crippen LogP) is 8.83. The van der Waals surface area contributed by atoms with E-state index in [1.54, 1.807) is 0 Å². The van der Waals surface area contributed by atoms with Crippen LogP contribution in [-0.2, 0) is 4.74 Å². The lowest BCUT2D eigenvalue weighted by Crippen LogP contribution is -2.42. The van der Waals surface area contributed by atoms with E-state index in [9.17, 15) is 83.4 Å². The van der Waals surface area contributed by atoms with Crippen molar-refractivity contribution in [3.63, 3.8) is 0 Å². The van der Waals surface area contributed by atoms with Gasteiger partial charge in [0.25, 0.3) is 5.63 Å². The Morgan fingerprint density at radius 3 is 1.00 bits per heavy atom. The van der Waals surface area contributed by atoms with Crippen LogP contribution in [0.25, 0.3) is 0 Å². The molecule has 0 saturated heterocycles. The second-order valence-corrected chi connectivity index (χ2v) is 6.52. The van der Waals surface area contributed by atoms with Crippen molar-refractivity contribution in [2.45, 2.75) is 53.5 Å². The third-order valence-corrected chi connectivity index (χ3v) is 2.57. The average Bonchev–Trinajstić information content (AvgIpc) is 2.52. The molecule has 0 N–H and O–H groups in total. The molecular formula is C10H6BrCl2F19O. The quantitative estimate of drug-likeness (QED) is 0.218. The van der Waals surface area contributed by atoms with Crippen molar-refractivity contribution in [3.8, 4) is 0 Å². The maximum atomic E-state index is 11.6. The summed E-state index contributed by atoms with van der Waals surface area (Å²) in [6.45, 7) is -5.97. The first kappa shape index (κ1) is 39.9. The van der Waals surface area contributed by atoms with Crippen molar-refractivity contribution >= 4 is 39.1 Å². The summed E-state index contributed by atoms with van der Waals surface area (Å²) in [5.74, 6) is -5.90. The lowest BCUT2D eigenvalue weighted by atomic mass is 10.3. The van der Waals surface area contributed by atoms with Crippen LogP contribution in [0.5, 0.6) is 0 Å². The molecule has 0 rings (SSSR count). The summed E-state index contributed by atoms with van der Waals surface area (Å²) in [7, 11) is 0. The van der Waals surface area contributed by atoms with Crippen LogP contribution in [0.1, 0.15) is 0 Å². The van der Waals surface area contributed by atoms with Gasteiger partial charge in [-0.15, -0.1) is 11.6 Å². The first-order valence-corrected chi connectivity index (χ1v) is 8.17. The highest BCUT2D eigenvalue weighted by atomic mass is 79.9. The van der Waals surface area contributed by atoms with Crippen LogP contribution in [0, 0.1) is 0 Å². The highest BCUT2D eigenvalue weighted by Gasteiger charge is 2.64. The lowest BCUT2D eigenvalue weighted by molar-refractivity contribution is -0.330. The highest BCUT2D eigenvalue weighted by molar-refractivity contribution is 9.10. The molecule has 0 aromatic carbocycles. The molecule has 0 bridgehead atoms. The molecule has 0 radical (unpaired) electrons. The zero-order chi connectivity index (χ0) is 28.2. The van der Waals surface area contributed by atoms with Crippen LogP contribution in [0.3, 0.4) is 0 Å². The van der Waals surface area contributed by atoms with Gasteiger partial charge in [0, 0.05) is 0 Å². The van der Waals surface area contributed by atoms with Crippen molar-refractivity contribution < 1.29 is 88.2 Å². The summed E-state index contributed by atoms with van der Waals surface area (Å²) in [5.41, 5.74) is -3.26. The third kappa shape index (κ3) is 23.2. The number of ether oxygens (including phenoxy) is 1. The normalized spacial score (nSPS) is 14.9. The monoisotopic (exact) mass is 652 g/mol. The molecule has 0 aromatic rings. The van der Waals surface area contributed by atoms with Gasteiger partial charge in [-0.05, 0) is 0 Å². The van der Waals surface area contributed by atoms with E-state index in [0.29, 0.717) is 0 Å². The molecule has 0 aliphatic heterocycles. The van der Waals surface area contributed by atoms with Crippen LogP contribution >= 0.6 is 39.1 Å². The molecule has 0 aliphatic carbocycles. The Morgan fingerprint density at radius 1 is 0.697 bits per heavy atom. The Morgan fingerprint density at radius 2 is 0.970 bits per heavy atom. The van der Waals surface area contributed by atoms with Crippen LogP contribution in [-0.4, -0.2) is 60.2 Å². The van der Waals surface area contributed by atoms with Crippen LogP contribution < -0.4 is 0 Å². The first-order chi connectivity index (χ1) is 14.1. The van der Waals surface area contributed by atoms with Gasteiger partial charge in [0.1, 0.15) is 0 Å². The lowest BCUT2D eigenvalue weighted by Gasteiger charge is -2.17. The third-order valence-electron chi connectivity index (χ3n) is 1.55. The fourth-order valence-electron chi connectivity index (χ4n) is 0.294. The summed E-state index contributed by atoms with van der Waals surface area (Å²) in [4.78, 5) is 0. The number of halogens is 22. The Balaban J connectivity index is -0.000000174. The highest BCUT2D eigenvalue weighted by Crippen LogP contribution is 2.39. The standard InChI is InChI=1S/C3H2ClF5O.C3HF7.C2HBrClF3.C2H2F4/c4-1(5)3(8,9)10-2(6)7;4-1(5)2(6,7)3(8,9)10;3-1(4)2(5,6)7;3-1-2(4,5)6/h1-2H;1H;1H;1H2. The largest absolute Gasteiger partial charge is 0.459 e. The van der Waals surface area contributed by atoms with E-state index in [0.717, 1.165) is 0 Å². The van der Waals surface area contributed by atoms with Crippen LogP contribution in [0.4, 0.5) is 83.4 Å². The summed E-state index contributed by atoms with van der Waals surface area (Å²) in [6.07, 6.45) is -24.4. The van der Waals surface area contributed by atoms with Crippen molar-refractivity contribution in [2.75, 3.05) is 6.67 Å². The van der Waals surface area contributed by atoms with Gasteiger partial charge in [0.05, 0.1) is 0 Å². The van der Waals surface area contributed by atoms with Gasteiger partial charge in [-0.1, -0.05) is 27.5 Å². The molecule has 0 aliphatic rings. The molecule has 0 amide bonds. The maximum Gasteiger partial charge on any atom is 0.459 e. The molecule has 0 saturated carbocycles. The van der Waals surface area contributed by atoms with Crippen molar-refractivity contribution in [3.05, 3.63) is 0 Å². The van der Waals surface area contributed by atoms with E-state index in [4.69, 9.17) is 0 Å². The Bertz CT molecular complexity index is 483. The molecule has 2 unspecified atom stereocenters. The zero-order valence-corrected chi connectivity index (χ0v) is 17.3. The summed E-state index contributed by atoms with van der Waals surface area (Å²) in [5, 5.41) is 0. The van der Waals surface area contributed by atoms with E-state index in [1.807, 2.05) is 0 Å². The fourth-order valence-corrected chi connectivity index (χ4v) is 0.345. The van der Waals surface area contributed by atoms with Crippen molar-refractivity contribution in [1.82, 2.24) is 0 Å². The van der Waals surface area contributed by atoms with Gasteiger partial charge >= 0.3 is 43.6 Å². The Labute approximate surface area is 188 Å². The number of hydrogen-bond acceptors (Lipinski definition) is 1. The predicted molar refractivity (Wildman–Crippen MR) is 76.4 cm³/mol. The molecule has 206 valence electrons. The molecule has 0 heterocycles. The minimum absolute atomic E-state index is 1.92. The van der Waals surface area contributed by atoms with Crippen molar-refractivity contribution in [2.24, 2.45) is 0 Å². The van der Waals surface area contributed by atoms with Crippen molar-refractivity contribution in [1.29, 1.82) is 0 Å². The van der Waals surface area contributed by atoms with E-state index in [-0.39, 0.29) is 0 Å². The van der Waals surface area contributed by atoms with Crippen LogP contribution in [0.15, 0.2) is 0 Å². The zero-order valence-electron chi connectivity index (χ0n) is 14.2. The second-order valence-electron chi connectivity index (χ2n) is 4.25. The molecule has 0 fully saturated rings. The molecule has 1 nitrogen and oxygen atoms in total. The average molecular weight is 654 g/mol. The van der Waals surface area contributed by atoms with E-state index in [1.165, 1.54) is 0 Å². The smallest absolute Gasteiger partial charge is 0.254 e. The van der Waals surface area contributed by atoms with Gasteiger partial charge in [0.2, 0.25) is 0 Å². The molecule has 0 aromatic heterocycles. The number of hydrogen-bond donors (Lipinski definition) is 0. The topological polar surface area (TPSA) is 9.23 Å². The minimum Gasteiger partial charge on any atom is -0.254 e. The number of rotatable bonds is 4. The molecule has 23 heteroatoms. The fraction of sp³-hybridized carbons (Fsp3) is 1.00. The summed E-state index contributed by atoms with van der Waals surface area (Å²) >= 11 is 10.8. The summed E-state index contributed by atoms with van der Waals surface area (Å²) < 4.78 is 208. The van der Waals surface area contributed by atoms with Crippen LogP contribution in [0.2, 0.25) is 0 Å². The maximum absolute atomic E-state index is 11.6.